The molecule has 4 nitrogen and oxygen atoms in total. The summed E-state index contributed by atoms with van der Waals surface area (Å²) in [5.74, 6) is -0.831. The van der Waals surface area contributed by atoms with Crippen LogP contribution in [-0.4, -0.2) is 19.0 Å². The van der Waals surface area contributed by atoms with Crippen LogP contribution in [-0.2, 0) is 14.3 Å². The Morgan fingerprint density at radius 3 is 1.74 bits per heavy atom. The highest BCUT2D eigenvalue weighted by atomic mass is 16.5. The SMILES string of the molecule is COC(=O)CC(=O)Oc1cc2ccc(-c3c4ccc(C)cc4c(-c4ccc5cc(C)cc(C)c5c4)c4ccc(C)cc34)cc2cc1C. The van der Waals surface area contributed by atoms with Crippen LogP contribution in [0.2, 0.25) is 0 Å². The molecule has 0 aliphatic heterocycles. The summed E-state index contributed by atoms with van der Waals surface area (Å²) in [6.45, 7) is 10.6. The molecule has 0 fully saturated rings. The van der Waals surface area contributed by atoms with Gasteiger partial charge in [-0.3, -0.25) is 9.59 Å². The van der Waals surface area contributed by atoms with Gasteiger partial charge in [-0.2, -0.15) is 0 Å². The second kappa shape index (κ2) is 11.7. The van der Waals surface area contributed by atoms with Crippen LogP contribution >= 0.6 is 0 Å². The molecule has 47 heavy (non-hydrogen) atoms. The van der Waals surface area contributed by atoms with Crippen LogP contribution in [0.15, 0.2) is 97.1 Å². The van der Waals surface area contributed by atoms with E-state index in [1.807, 2.05) is 19.1 Å². The lowest BCUT2D eigenvalue weighted by Gasteiger charge is -2.20. The van der Waals surface area contributed by atoms with Gasteiger partial charge in [0.2, 0.25) is 0 Å². The normalized spacial score (nSPS) is 11.4. The molecule has 7 rings (SSSR count). The Morgan fingerprint density at radius 2 is 1.11 bits per heavy atom. The van der Waals surface area contributed by atoms with E-state index < -0.39 is 18.4 Å². The summed E-state index contributed by atoms with van der Waals surface area (Å²) in [6, 6.07) is 35.3. The van der Waals surface area contributed by atoms with Crippen molar-refractivity contribution in [3.63, 3.8) is 0 Å². The minimum absolute atomic E-state index is 0.430. The molecule has 0 aliphatic rings. The Bertz CT molecular complexity index is 2430. The van der Waals surface area contributed by atoms with Crippen molar-refractivity contribution in [1.82, 2.24) is 0 Å². The highest BCUT2D eigenvalue weighted by Crippen LogP contribution is 2.45. The molecular weight excluding hydrogens is 580 g/mol. The summed E-state index contributed by atoms with van der Waals surface area (Å²) in [6.07, 6.45) is -0.430. The molecule has 0 radical (unpaired) electrons. The van der Waals surface area contributed by atoms with E-state index in [-0.39, 0.29) is 0 Å². The van der Waals surface area contributed by atoms with Crippen molar-refractivity contribution >= 4 is 55.0 Å². The average molecular weight is 617 g/mol. The van der Waals surface area contributed by atoms with Gasteiger partial charge in [0.1, 0.15) is 12.2 Å². The second-order valence-electron chi connectivity index (χ2n) is 12.8. The predicted molar refractivity (Wildman–Crippen MR) is 193 cm³/mol. The van der Waals surface area contributed by atoms with E-state index in [2.05, 4.69) is 117 Å². The highest BCUT2D eigenvalue weighted by Gasteiger charge is 2.19. The van der Waals surface area contributed by atoms with Crippen molar-refractivity contribution in [3.8, 4) is 28.0 Å². The molecule has 0 heterocycles. The number of carbonyl (C=O) groups excluding carboxylic acids is 2. The van der Waals surface area contributed by atoms with Crippen molar-refractivity contribution in [1.29, 1.82) is 0 Å². The van der Waals surface area contributed by atoms with Crippen LogP contribution < -0.4 is 4.74 Å². The van der Waals surface area contributed by atoms with Gasteiger partial charge < -0.3 is 9.47 Å². The number of fused-ring (bicyclic) bond motifs is 4. The number of aryl methyl sites for hydroxylation is 5. The van der Waals surface area contributed by atoms with Gasteiger partial charge in [-0.25, -0.2) is 0 Å². The highest BCUT2D eigenvalue weighted by molar-refractivity contribution is 6.22. The van der Waals surface area contributed by atoms with E-state index in [4.69, 9.17) is 4.74 Å². The van der Waals surface area contributed by atoms with Crippen molar-refractivity contribution in [2.45, 2.75) is 41.0 Å². The third kappa shape index (κ3) is 5.50. The first-order chi connectivity index (χ1) is 22.6. The standard InChI is InChI=1S/C43H36O4/c1-24-8-14-35-37(17-24)42(31-11-9-29-22-39(28(5)19-33(29)20-31)47-41(45)23-40(44)46-6)34-13-7-25(2)18-38(34)43(35)32-12-10-30-16-26(3)15-27(4)36(30)21-32/h7-22H,23H2,1-6H3. The Hall–Kier alpha value is -5.48. The largest absolute Gasteiger partial charge is 0.469 e. The van der Waals surface area contributed by atoms with Crippen LogP contribution in [0, 0.1) is 34.6 Å². The first-order valence-electron chi connectivity index (χ1n) is 15.9. The van der Waals surface area contributed by atoms with Gasteiger partial charge in [0.05, 0.1) is 7.11 Å². The van der Waals surface area contributed by atoms with E-state index in [0.29, 0.717) is 5.75 Å². The van der Waals surface area contributed by atoms with Crippen molar-refractivity contribution in [2.24, 2.45) is 0 Å². The summed E-state index contributed by atoms with van der Waals surface area (Å²) in [5, 5.41) is 9.38. The summed E-state index contributed by atoms with van der Waals surface area (Å²) in [7, 11) is 1.25. The quantitative estimate of drug-likeness (QED) is 0.0836. The van der Waals surface area contributed by atoms with Crippen molar-refractivity contribution in [3.05, 3.63) is 125 Å². The first kappa shape index (κ1) is 30.2. The van der Waals surface area contributed by atoms with E-state index in [0.717, 1.165) is 21.9 Å². The Morgan fingerprint density at radius 1 is 0.489 bits per heavy atom. The van der Waals surface area contributed by atoms with Crippen LogP contribution in [0.1, 0.15) is 34.2 Å². The lowest BCUT2D eigenvalue weighted by molar-refractivity contribution is -0.148. The van der Waals surface area contributed by atoms with Crippen LogP contribution in [0.5, 0.6) is 5.75 Å². The fraction of sp³-hybridized carbons (Fsp3) is 0.163. The molecular formula is C43H36O4. The molecule has 7 aromatic carbocycles. The molecule has 0 aliphatic carbocycles. The van der Waals surface area contributed by atoms with Crippen LogP contribution in [0.25, 0.3) is 65.3 Å². The lowest BCUT2D eigenvalue weighted by Crippen LogP contribution is -2.15. The van der Waals surface area contributed by atoms with Gasteiger partial charge in [-0.15, -0.1) is 0 Å². The third-order valence-electron chi connectivity index (χ3n) is 9.18. The number of hydrogen-bond acceptors (Lipinski definition) is 4. The summed E-state index contributed by atoms with van der Waals surface area (Å²) >= 11 is 0. The molecule has 0 unspecified atom stereocenters. The molecule has 7 aromatic rings. The number of hydrogen-bond donors (Lipinski definition) is 0. The third-order valence-corrected chi connectivity index (χ3v) is 9.18. The van der Waals surface area contributed by atoms with Gasteiger partial charge in [-0.1, -0.05) is 89.5 Å². The molecule has 4 heteroatoms. The number of benzene rings is 7. The van der Waals surface area contributed by atoms with E-state index in [1.165, 1.54) is 78.4 Å². The molecule has 0 saturated carbocycles. The Balaban J connectivity index is 1.45. The molecule has 0 atom stereocenters. The van der Waals surface area contributed by atoms with Crippen LogP contribution in [0.3, 0.4) is 0 Å². The van der Waals surface area contributed by atoms with E-state index in [1.54, 1.807) is 0 Å². The van der Waals surface area contributed by atoms with E-state index in [9.17, 15) is 9.59 Å². The van der Waals surface area contributed by atoms with Gasteiger partial charge in [-0.05, 0) is 135 Å². The Labute approximate surface area is 274 Å². The van der Waals surface area contributed by atoms with Crippen molar-refractivity contribution in [2.75, 3.05) is 7.11 Å². The monoisotopic (exact) mass is 616 g/mol. The number of methoxy groups -OCH3 is 1. The molecule has 0 amide bonds. The maximum absolute atomic E-state index is 12.3. The fourth-order valence-corrected chi connectivity index (χ4v) is 6.97. The zero-order valence-corrected chi connectivity index (χ0v) is 27.6. The molecule has 232 valence electrons. The summed E-state index contributed by atoms with van der Waals surface area (Å²) in [5.41, 5.74) is 10.6. The first-order valence-corrected chi connectivity index (χ1v) is 15.9. The fourth-order valence-electron chi connectivity index (χ4n) is 6.97. The molecule has 0 spiro atoms. The van der Waals surface area contributed by atoms with Gasteiger partial charge in [0.15, 0.2) is 0 Å². The molecule has 0 bridgehead atoms. The number of esters is 2. The maximum atomic E-state index is 12.3. The van der Waals surface area contributed by atoms with Crippen molar-refractivity contribution < 1.29 is 19.1 Å². The Kier molecular flexibility index (Phi) is 7.52. The number of carbonyl (C=O) groups is 2. The van der Waals surface area contributed by atoms with E-state index >= 15 is 0 Å². The van der Waals surface area contributed by atoms with Gasteiger partial charge in [0, 0.05) is 0 Å². The zero-order chi connectivity index (χ0) is 33.0. The van der Waals surface area contributed by atoms with Gasteiger partial charge in [0.25, 0.3) is 0 Å². The predicted octanol–water partition coefficient (Wildman–Crippen LogP) is 10.6. The zero-order valence-electron chi connectivity index (χ0n) is 27.6. The lowest BCUT2D eigenvalue weighted by atomic mass is 9.84. The average Bonchev–Trinajstić information content (AvgIpc) is 3.03. The molecule has 0 aromatic heterocycles. The van der Waals surface area contributed by atoms with Crippen LogP contribution in [0.4, 0.5) is 0 Å². The second-order valence-corrected chi connectivity index (χ2v) is 12.8. The van der Waals surface area contributed by atoms with Gasteiger partial charge >= 0.3 is 11.9 Å². The minimum atomic E-state index is -0.642. The summed E-state index contributed by atoms with van der Waals surface area (Å²) in [4.78, 5) is 23.9. The summed E-state index contributed by atoms with van der Waals surface area (Å²) < 4.78 is 10.1. The number of ether oxygens (including phenoxy) is 2. The number of rotatable bonds is 5. The smallest absolute Gasteiger partial charge is 0.322 e. The topological polar surface area (TPSA) is 52.6 Å². The minimum Gasteiger partial charge on any atom is -0.469 e. The maximum Gasteiger partial charge on any atom is 0.322 e. The molecule has 0 N–H and O–H groups in total. The molecule has 0 saturated heterocycles.